The first-order valence-corrected chi connectivity index (χ1v) is 11.4. The number of aromatic nitrogens is 5. The van der Waals surface area contributed by atoms with Crippen LogP contribution in [0.5, 0.6) is 0 Å². The number of halogens is 2. The van der Waals surface area contributed by atoms with Gasteiger partial charge in [0.15, 0.2) is 11.3 Å². The number of ether oxygens (including phenoxy) is 1. The van der Waals surface area contributed by atoms with Crippen LogP contribution >= 0.6 is 0 Å². The number of hydrogen-bond donors (Lipinski definition) is 1. The molecule has 1 N–H and O–H groups in total. The van der Waals surface area contributed by atoms with Crippen molar-refractivity contribution in [3.8, 4) is 0 Å². The molecule has 1 amide bonds. The van der Waals surface area contributed by atoms with Crippen LogP contribution in [-0.4, -0.2) is 56.6 Å². The summed E-state index contributed by atoms with van der Waals surface area (Å²) in [4.78, 5) is 19.8. The summed E-state index contributed by atoms with van der Waals surface area (Å²) in [6.45, 7) is 3.27. The number of nitrogens with one attached hydrogen (secondary N) is 1. The topological polar surface area (TPSA) is 89.6 Å². The molecule has 3 fully saturated rings. The van der Waals surface area contributed by atoms with Crippen LogP contribution in [0.15, 0.2) is 24.7 Å². The molecule has 0 bridgehead atoms. The Kier molecular flexibility index (Phi) is 4.82. The van der Waals surface area contributed by atoms with Crippen molar-refractivity contribution in [3.05, 3.63) is 35.9 Å². The Bertz CT molecular complexity index is 1190. The highest BCUT2D eigenvalue weighted by Crippen LogP contribution is 2.39. The maximum absolute atomic E-state index is 13.7. The van der Waals surface area contributed by atoms with Gasteiger partial charge in [0, 0.05) is 25.5 Å². The maximum atomic E-state index is 13.7. The van der Waals surface area contributed by atoms with Crippen LogP contribution in [0, 0.1) is 5.41 Å². The molecule has 9 nitrogen and oxygen atoms in total. The molecule has 1 spiro atoms. The summed E-state index contributed by atoms with van der Waals surface area (Å²) < 4.78 is 35.8. The van der Waals surface area contributed by atoms with Crippen LogP contribution in [0.2, 0.25) is 0 Å². The van der Waals surface area contributed by atoms with E-state index < -0.39 is 18.0 Å². The lowest BCUT2D eigenvalue weighted by Gasteiger charge is -2.55. The Morgan fingerprint density at radius 1 is 1.21 bits per heavy atom. The number of carbonyl (C=O) groups is 1. The fraction of sp³-hybridized carbons (Fsp3) is 0.545. The second kappa shape index (κ2) is 7.75. The van der Waals surface area contributed by atoms with E-state index in [1.165, 1.54) is 16.9 Å². The third kappa shape index (κ3) is 3.54. The molecular weight excluding hydrogens is 432 g/mol. The summed E-state index contributed by atoms with van der Waals surface area (Å²) in [7, 11) is 0. The highest BCUT2D eigenvalue weighted by molar-refractivity contribution is 6.08. The van der Waals surface area contributed by atoms with Gasteiger partial charge in [-0.05, 0) is 18.9 Å². The maximum Gasteiger partial charge on any atom is 0.284 e. The molecule has 3 aromatic rings. The van der Waals surface area contributed by atoms with E-state index in [0.717, 1.165) is 64.2 Å². The SMILES string of the molecule is O=C(Nc1cn(C2CCCCC2)nc1C(F)F)c1cnn2ccc(N3CC4(COC4)C3)nc12. The number of alkyl halides is 2. The summed E-state index contributed by atoms with van der Waals surface area (Å²) in [6.07, 6.45) is 6.97. The van der Waals surface area contributed by atoms with Crippen LogP contribution < -0.4 is 10.2 Å². The van der Waals surface area contributed by atoms with Gasteiger partial charge >= 0.3 is 0 Å². The Morgan fingerprint density at radius 2 is 2.00 bits per heavy atom. The molecule has 1 saturated carbocycles. The number of hydrogen-bond acceptors (Lipinski definition) is 6. The van der Waals surface area contributed by atoms with Gasteiger partial charge in [-0.2, -0.15) is 10.2 Å². The number of fused-ring (bicyclic) bond motifs is 1. The molecule has 3 aliphatic rings. The summed E-state index contributed by atoms with van der Waals surface area (Å²) >= 11 is 0. The zero-order valence-electron chi connectivity index (χ0n) is 18.1. The van der Waals surface area contributed by atoms with Gasteiger partial charge in [-0.3, -0.25) is 9.48 Å². The van der Waals surface area contributed by atoms with Crippen LogP contribution in [0.4, 0.5) is 20.3 Å². The second-order valence-electron chi connectivity index (χ2n) is 9.42. The molecule has 0 unspecified atom stereocenters. The van der Waals surface area contributed by atoms with E-state index >= 15 is 0 Å². The summed E-state index contributed by atoms with van der Waals surface area (Å²) in [5.41, 5.74) is 0.468. The average molecular weight is 457 g/mol. The minimum absolute atomic E-state index is 0.0331. The number of rotatable bonds is 5. The molecule has 33 heavy (non-hydrogen) atoms. The van der Waals surface area contributed by atoms with Crippen molar-refractivity contribution in [3.63, 3.8) is 0 Å². The largest absolute Gasteiger partial charge is 0.380 e. The van der Waals surface area contributed by atoms with Gasteiger partial charge in [-0.1, -0.05) is 19.3 Å². The fourth-order valence-electron chi connectivity index (χ4n) is 5.08. The molecule has 0 radical (unpaired) electrons. The van der Waals surface area contributed by atoms with E-state index in [-0.39, 0.29) is 22.7 Å². The number of anilines is 2. The molecule has 1 aliphatic carbocycles. The standard InChI is InChI=1S/C22H25F2N7O2/c23-19(24)18-16(9-31(28-18)14-4-2-1-3-5-14)26-21(32)15-8-25-30-7-6-17(27-20(15)30)29-10-22(11-29)12-33-13-22/h6-9,14,19H,1-5,10-13H2,(H,26,32). The van der Waals surface area contributed by atoms with E-state index in [1.807, 2.05) is 6.07 Å². The van der Waals surface area contributed by atoms with Crippen LogP contribution in [0.25, 0.3) is 5.65 Å². The van der Waals surface area contributed by atoms with Crippen molar-refractivity contribution < 1.29 is 18.3 Å². The molecule has 0 atom stereocenters. The Labute approximate surface area is 188 Å². The van der Waals surface area contributed by atoms with Gasteiger partial charge in [0.25, 0.3) is 12.3 Å². The molecule has 3 aromatic heterocycles. The lowest BCUT2D eigenvalue weighted by molar-refractivity contribution is -0.127. The molecular formula is C22H25F2N7O2. The van der Waals surface area contributed by atoms with E-state index in [1.54, 1.807) is 10.9 Å². The van der Waals surface area contributed by atoms with Crippen molar-refractivity contribution in [1.82, 2.24) is 24.4 Å². The van der Waals surface area contributed by atoms with Crippen molar-refractivity contribution in [2.75, 3.05) is 36.5 Å². The van der Waals surface area contributed by atoms with E-state index in [9.17, 15) is 13.6 Å². The van der Waals surface area contributed by atoms with Gasteiger partial charge in [0.05, 0.1) is 36.6 Å². The third-order valence-corrected chi connectivity index (χ3v) is 6.96. The Balaban J connectivity index is 1.24. The minimum atomic E-state index is -2.78. The fourth-order valence-corrected chi connectivity index (χ4v) is 5.08. The van der Waals surface area contributed by atoms with E-state index in [0.29, 0.717) is 5.65 Å². The zero-order chi connectivity index (χ0) is 22.6. The summed E-state index contributed by atoms with van der Waals surface area (Å²) in [5, 5.41) is 10.9. The highest BCUT2D eigenvalue weighted by atomic mass is 19.3. The van der Waals surface area contributed by atoms with Gasteiger partial charge in [0.1, 0.15) is 11.4 Å². The van der Waals surface area contributed by atoms with Crippen LogP contribution in [0.1, 0.15) is 60.6 Å². The van der Waals surface area contributed by atoms with Gasteiger partial charge < -0.3 is 15.0 Å². The molecule has 0 aromatic carbocycles. The molecule has 6 rings (SSSR count). The van der Waals surface area contributed by atoms with Crippen molar-refractivity contribution in [2.24, 2.45) is 5.41 Å². The Morgan fingerprint density at radius 3 is 2.70 bits per heavy atom. The van der Waals surface area contributed by atoms with Gasteiger partial charge in [-0.25, -0.2) is 18.3 Å². The van der Waals surface area contributed by atoms with Crippen molar-refractivity contribution in [2.45, 2.75) is 44.6 Å². The predicted molar refractivity (Wildman–Crippen MR) is 116 cm³/mol. The Hall–Kier alpha value is -3.08. The van der Waals surface area contributed by atoms with Crippen LogP contribution in [0.3, 0.4) is 0 Å². The van der Waals surface area contributed by atoms with Gasteiger partial charge in [0.2, 0.25) is 0 Å². The van der Waals surface area contributed by atoms with Gasteiger partial charge in [-0.15, -0.1) is 0 Å². The van der Waals surface area contributed by atoms with Crippen molar-refractivity contribution in [1.29, 1.82) is 0 Å². The quantitative estimate of drug-likeness (QED) is 0.631. The first-order chi connectivity index (χ1) is 16.0. The lowest BCUT2D eigenvalue weighted by atomic mass is 9.78. The van der Waals surface area contributed by atoms with E-state index in [4.69, 9.17) is 4.74 Å². The normalized spacial score (nSPS) is 20.3. The molecule has 2 aliphatic heterocycles. The highest BCUT2D eigenvalue weighted by Gasteiger charge is 2.49. The number of carbonyl (C=O) groups excluding carboxylic acids is 1. The summed E-state index contributed by atoms with van der Waals surface area (Å²) in [5.74, 6) is 0.222. The van der Waals surface area contributed by atoms with Crippen molar-refractivity contribution >= 4 is 23.1 Å². The summed E-state index contributed by atoms with van der Waals surface area (Å²) in [6, 6.07) is 1.95. The second-order valence-corrected chi connectivity index (χ2v) is 9.42. The van der Waals surface area contributed by atoms with E-state index in [2.05, 4.69) is 25.4 Å². The monoisotopic (exact) mass is 457 g/mol. The molecule has 11 heteroatoms. The first-order valence-electron chi connectivity index (χ1n) is 11.4. The smallest absolute Gasteiger partial charge is 0.284 e. The molecule has 174 valence electrons. The first kappa shape index (κ1) is 20.5. The third-order valence-electron chi connectivity index (χ3n) is 6.96. The predicted octanol–water partition coefficient (Wildman–Crippen LogP) is 3.46. The number of amides is 1. The molecule has 5 heterocycles. The number of nitrogens with zero attached hydrogens (tertiary/aromatic N) is 6. The molecule has 2 saturated heterocycles. The zero-order valence-corrected chi connectivity index (χ0v) is 18.1. The average Bonchev–Trinajstić information content (AvgIpc) is 3.36. The van der Waals surface area contributed by atoms with Crippen LogP contribution in [-0.2, 0) is 4.74 Å². The lowest BCUT2D eigenvalue weighted by Crippen LogP contribution is -2.66. The minimum Gasteiger partial charge on any atom is -0.380 e.